The largest absolute Gasteiger partial charge is 0.418 e. The van der Waals surface area contributed by atoms with E-state index in [4.69, 9.17) is 16.5 Å². The fraction of sp³-hybridized carbons (Fsp3) is 0.0167. The summed E-state index contributed by atoms with van der Waals surface area (Å²) in [5, 5.41) is 3.39. The maximum absolute atomic E-state index is 16.1. The van der Waals surface area contributed by atoms with Crippen LogP contribution < -0.4 is 0 Å². The van der Waals surface area contributed by atoms with Gasteiger partial charge < -0.3 is 9.13 Å². The highest BCUT2D eigenvalue weighted by Gasteiger charge is 2.37. The molecule has 0 bridgehead atoms. The van der Waals surface area contributed by atoms with Crippen molar-refractivity contribution in [2.75, 3.05) is 0 Å². The summed E-state index contributed by atoms with van der Waals surface area (Å²) in [4.78, 5) is 13.2. The van der Waals surface area contributed by atoms with Gasteiger partial charge in [-0.05, 0) is 83.4 Å². The molecule has 0 aliphatic carbocycles. The fourth-order valence-electron chi connectivity index (χ4n) is 9.66. The molecular weight excluding hydrogens is 848 g/mol. The number of halogens is 3. The molecule has 8 heteroatoms. The van der Waals surface area contributed by atoms with E-state index in [1.165, 1.54) is 6.07 Å². The molecule has 322 valence electrons. The standard InChI is InChI=1S/C60H36F3N5/c1-64-45-18-12-17-42(31-45)48-34-59(68-55-22-11-9-20-47(55)50-33-41(26-30-57(50)68)44-24-28-53(66-37-44)39-15-6-3-7-16-39)51(60(61,62)63)35-58(48)67-54-21-10-8-19-46(54)49-32-40(25-29-56(49)67)43-23-27-52(65-36-43)38-13-4-2-5-14-38/h2-37H. The molecule has 4 aromatic heterocycles. The van der Waals surface area contributed by atoms with Crippen LogP contribution in [-0.4, -0.2) is 19.1 Å². The van der Waals surface area contributed by atoms with Gasteiger partial charge in [0, 0.05) is 61.8 Å². The SMILES string of the molecule is [C-]#[N+]c1cccc(-c2cc(-n3c4ccccc4c4cc(-c5ccc(-c6ccccc6)nc5)ccc43)c(C(F)(F)F)cc2-n2c3ccccc3c3cc(-c4ccc(-c5ccccc5)nc4)ccc32)c1. The van der Waals surface area contributed by atoms with Crippen LogP contribution in [0.4, 0.5) is 18.9 Å². The summed E-state index contributed by atoms with van der Waals surface area (Å²) in [6, 6.07) is 65.4. The van der Waals surface area contributed by atoms with Gasteiger partial charge in [-0.15, -0.1) is 0 Å². The van der Waals surface area contributed by atoms with E-state index < -0.39 is 11.7 Å². The number of alkyl halides is 3. The van der Waals surface area contributed by atoms with Crippen molar-refractivity contribution in [3.05, 3.63) is 236 Å². The van der Waals surface area contributed by atoms with Gasteiger partial charge in [-0.25, -0.2) is 4.85 Å². The molecule has 0 aliphatic heterocycles. The van der Waals surface area contributed by atoms with Crippen LogP contribution in [0.25, 0.3) is 116 Å². The van der Waals surface area contributed by atoms with Crippen molar-refractivity contribution in [3.63, 3.8) is 0 Å². The Kier molecular flexibility index (Phi) is 9.59. The van der Waals surface area contributed by atoms with Gasteiger partial charge in [-0.2, -0.15) is 13.2 Å². The average Bonchev–Trinajstić information content (AvgIpc) is 3.90. The lowest BCUT2D eigenvalue weighted by atomic mass is 9.98. The van der Waals surface area contributed by atoms with Crippen molar-refractivity contribution >= 4 is 49.3 Å². The van der Waals surface area contributed by atoms with Crippen LogP contribution in [0.5, 0.6) is 0 Å². The van der Waals surface area contributed by atoms with Gasteiger partial charge in [0.15, 0.2) is 5.69 Å². The van der Waals surface area contributed by atoms with Crippen molar-refractivity contribution in [2.45, 2.75) is 6.18 Å². The summed E-state index contributed by atoms with van der Waals surface area (Å²) in [7, 11) is 0. The maximum atomic E-state index is 16.1. The van der Waals surface area contributed by atoms with Crippen molar-refractivity contribution < 1.29 is 13.2 Å². The average molecular weight is 884 g/mol. The van der Waals surface area contributed by atoms with Gasteiger partial charge >= 0.3 is 6.18 Å². The quantitative estimate of drug-likeness (QED) is 0.150. The summed E-state index contributed by atoms with van der Waals surface area (Å²) in [6.45, 7) is 7.90. The minimum absolute atomic E-state index is 0.0215. The van der Waals surface area contributed by atoms with Crippen molar-refractivity contribution in [3.8, 4) is 67.3 Å². The zero-order chi connectivity index (χ0) is 45.9. The number of rotatable bonds is 7. The van der Waals surface area contributed by atoms with Crippen LogP contribution in [0, 0.1) is 6.57 Å². The third-order valence-electron chi connectivity index (χ3n) is 12.9. The molecule has 0 aliphatic rings. The van der Waals surface area contributed by atoms with E-state index >= 15 is 13.2 Å². The van der Waals surface area contributed by atoms with Crippen molar-refractivity contribution in [1.29, 1.82) is 0 Å². The van der Waals surface area contributed by atoms with E-state index in [0.717, 1.165) is 77.3 Å². The van der Waals surface area contributed by atoms with Crippen LogP contribution in [0.1, 0.15) is 5.56 Å². The Morgan fingerprint density at radius 1 is 0.382 bits per heavy atom. The molecule has 68 heavy (non-hydrogen) atoms. The molecule has 0 fully saturated rings. The highest BCUT2D eigenvalue weighted by atomic mass is 19.4. The highest BCUT2D eigenvalue weighted by molar-refractivity contribution is 6.12. The first-order valence-electron chi connectivity index (χ1n) is 22.1. The zero-order valence-corrected chi connectivity index (χ0v) is 36.2. The number of fused-ring (bicyclic) bond motifs is 6. The van der Waals surface area contributed by atoms with Gasteiger partial charge in [0.2, 0.25) is 0 Å². The second kappa shape index (κ2) is 16.1. The molecule has 0 N–H and O–H groups in total. The molecule has 8 aromatic carbocycles. The molecule has 0 saturated heterocycles. The molecule has 0 atom stereocenters. The van der Waals surface area contributed by atoms with Crippen LogP contribution in [0.3, 0.4) is 0 Å². The minimum Gasteiger partial charge on any atom is -0.309 e. The summed E-state index contributed by atoms with van der Waals surface area (Å²) in [5.41, 5.74) is 11.2. The predicted molar refractivity (Wildman–Crippen MR) is 269 cm³/mol. The number of hydrogen-bond donors (Lipinski definition) is 0. The van der Waals surface area contributed by atoms with Crippen LogP contribution in [-0.2, 0) is 6.18 Å². The summed E-state index contributed by atoms with van der Waals surface area (Å²) in [5.74, 6) is 0. The van der Waals surface area contributed by atoms with E-state index in [0.29, 0.717) is 33.5 Å². The number of nitrogens with zero attached hydrogens (tertiary/aromatic N) is 5. The number of hydrogen-bond acceptors (Lipinski definition) is 2. The predicted octanol–water partition coefficient (Wildman–Crippen LogP) is 16.6. The number of aromatic nitrogens is 4. The van der Waals surface area contributed by atoms with Crippen LogP contribution in [0.15, 0.2) is 219 Å². The third kappa shape index (κ3) is 6.88. The number of benzene rings is 8. The fourth-order valence-corrected chi connectivity index (χ4v) is 9.66. The van der Waals surface area contributed by atoms with Crippen molar-refractivity contribution in [1.82, 2.24) is 19.1 Å². The molecule has 5 nitrogen and oxygen atoms in total. The third-order valence-corrected chi connectivity index (χ3v) is 12.9. The maximum Gasteiger partial charge on any atom is 0.418 e. The normalized spacial score (nSPS) is 11.7. The van der Waals surface area contributed by atoms with E-state index in [-0.39, 0.29) is 5.69 Å². The molecule has 0 spiro atoms. The smallest absolute Gasteiger partial charge is 0.309 e. The second-order valence-corrected chi connectivity index (χ2v) is 16.8. The minimum atomic E-state index is -4.77. The summed E-state index contributed by atoms with van der Waals surface area (Å²) >= 11 is 0. The van der Waals surface area contributed by atoms with E-state index in [2.05, 4.69) is 10.9 Å². The Labute approximate surface area is 389 Å². The topological polar surface area (TPSA) is 40.0 Å². The molecule has 4 heterocycles. The molecule has 0 saturated carbocycles. The van der Waals surface area contributed by atoms with Crippen molar-refractivity contribution in [2.24, 2.45) is 0 Å². The Hall–Kier alpha value is -9.06. The van der Waals surface area contributed by atoms with Gasteiger partial charge in [-0.1, -0.05) is 140 Å². The van der Waals surface area contributed by atoms with Gasteiger partial charge in [0.1, 0.15) is 0 Å². The lowest BCUT2D eigenvalue weighted by molar-refractivity contribution is -0.137. The second-order valence-electron chi connectivity index (χ2n) is 16.8. The Bertz CT molecular complexity index is 3940. The van der Waals surface area contributed by atoms with E-state index in [1.807, 2.05) is 187 Å². The van der Waals surface area contributed by atoms with Crippen LogP contribution >= 0.6 is 0 Å². The van der Waals surface area contributed by atoms with Crippen LogP contribution in [0.2, 0.25) is 0 Å². The van der Waals surface area contributed by atoms with E-state index in [9.17, 15) is 0 Å². The molecule has 0 amide bonds. The zero-order valence-electron chi connectivity index (χ0n) is 36.2. The monoisotopic (exact) mass is 883 g/mol. The molecule has 12 aromatic rings. The lowest BCUT2D eigenvalue weighted by Crippen LogP contribution is -2.13. The lowest BCUT2D eigenvalue weighted by Gasteiger charge is -2.22. The Morgan fingerprint density at radius 2 is 0.853 bits per heavy atom. The first-order chi connectivity index (χ1) is 33.3. The first-order valence-corrected chi connectivity index (χ1v) is 22.1. The molecule has 12 rings (SSSR count). The summed E-state index contributed by atoms with van der Waals surface area (Å²) < 4.78 is 51.9. The Balaban J connectivity index is 1.07. The van der Waals surface area contributed by atoms with Gasteiger partial charge in [-0.3, -0.25) is 9.97 Å². The highest BCUT2D eigenvalue weighted by Crippen LogP contribution is 2.46. The summed E-state index contributed by atoms with van der Waals surface area (Å²) in [6.07, 6.45) is -1.08. The molecule has 0 radical (unpaired) electrons. The number of para-hydroxylation sites is 2. The number of pyridine rings is 2. The Morgan fingerprint density at radius 3 is 1.35 bits per heavy atom. The molecular formula is C60H36F3N5. The molecule has 0 unspecified atom stereocenters. The van der Waals surface area contributed by atoms with Gasteiger partial charge in [0.25, 0.3) is 0 Å². The first kappa shape index (κ1) is 40.4. The van der Waals surface area contributed by atoms with E-state index in [1.54, 1.807) is 28.8 Å². The van der Waals surface area contributed by atoms with Gasteiger partial charge in [0.05, 0.1) is 57.0 Å².